The van der Waals surface area contributed by atoms with Gasteiger partial charge in [-0.15, -0.1) is 0 Å². The van der Waals surface area contributed by atoms with E-state index >= 15 is 0 Å². The third-order valence-electron chi connectivity index (χ3n) is 2.56. The molecule has 1 unspecified atom stereocenters. The third-order valence-corrected chi connectivity index (χ3v) is 2.56. The number of hydrogen-bond acceptors (Lipinski definition) is 6. The number of carbonyl (C=O) groups excluding carboxylic acids is 3. The first kappa shape index (κ1) is 18.9. The average molecular weight is 301 g/mol. The summed E-state index contributed by atoms with van der Waals surface area (Å²) in [5, 5.41) is 2.44. The Labute approximate surface area is 124 Å². The maximum atomic E-state index is 11.3. The maximum absolute atomic E-state index is 11.3. The molecular formula is C14H23NO6. The van der Waals surface area contributed by atoms with Crippen molar-refractivity contribution in [3.63, 3.8) is 0 Å². The Morgan fingerprint density at radius 2 is 1.81 bits per heavy atom. The lowest BCUT2D eigenvalue weighted by molar-refractivity contribution is -0.147. The van der Waals surface area contributed by atoms with Crippen LogP contribution in [0.4, 0.5) is 4.79 Å². The molecule has 0 fully saturated rings. The zero-order chi connectivity index (χ0) is 16.1. The van der Waals surface area contributed by atoms with Crippen LogP contribution in [0.5, 0.6) is 0 Å². The summed E-state index contributed by atoms with van der Waals surface area (Å²) in [5.41, 5.74) is 0. The van der Waals surface area contributed by atoms with E-state index in [4.69, 9.17) is 14.2 Å². The number of hydrogen-bond donors (Lipinski definition) is 1. The first-order valence-electron chi connectivity index (χ1n) is 6.87. The topological polar surface area (TPSA) is 90.9 Å². The Kier molecular flexibility index (Phi) is 10.6. The molecule has 7 nitrogen and oxygen atoms in total. The summed E-state index contributed by atoms with van der Waals surface area (Å²) in [7, 11) is 0. The minimum absolute atomic E-state index is 0.106. The summed E-state index contributed by atoms with van der Waals surface area (Å²) >= 11 is 0. The van der Waals surface area contributed by atoms with Crippen LogP contribution in [-0.4, -0.2) is 44.4 Å². The van der Waals surface area contributed by atoms with Gasteiger partial charge in [-0.05, 0) is 6.42 Å². The lowest BCUT2D eigenvalue weighted by atomic mass is 10.1. The molecular weight excluding hydrogens is 278 g/mol. The minimum Gasteiger partial charge on any atom is -0.464 e. The van der Waals surface area contributed by atoms with Crippen molar-refractivity contribution in [3.8, 4) is 0 Å². The first-order valence-corrected chi connectivity index (χ1v) is 6.87. The molecule has 0 aliphatic heterocycles. The fourth-order valence-electron chi connectivity index (χ4n) is 1.12. The number of esters is 2. The van der Waals surface area contributed by atoms with Crippen molar-refractivity contribution in [2.75, 3.05) is 26.4 Å². The minimum atomic E-state index is -0.607. The highest BCUT2D eigenvalue weighted by Gasteiger charge is 2.11. The normalized spacial score (nSPS) is 11.1. The zero-order valence-corrected chi connectivity index (χ0v) is 12.6. The summed E-state index contributed by atoms with van der Waals surface area (Å²) in [5.74, 6) is -0.936. The van der Waals surface area contributed by atoms with Gasteiger partial charge in [-0.3, -0.25) is 4.79 Å². The predicted octanol–water partition coefficient (Wildman–Crippen LogP) is 1.42. The van der Waals surface area contributed by atoms with Crippen LogP contribution >= 0.6 is 0 Å². The van der Waals surface area contributed by atoms with Crippen molar-refractivity contribution in [1.29, 1.82) is 0 Å². The van der Waals surface area contributed by atoms with Gasteiger partial charge in [0.05, 0.1) is 25.7 Å². The van der Waals surface area contributed by atoms with Gasteiger partial charge >= 0.3 is 18.0 Å². The van der Waals surface area contributed by atoms with E-state index in [2.05, 4.69) is 11.9 Å². The molecule has 1 N–H and O–H groups in total. The van der Waals surface area contributed by atoms with E-state index in [0.29, 0.717) is 12.8 Å². The summed E-state index contributed by atoms with van der Waals surface area (Å²) in [4.78, 5) is 33.3. The van der Waals surface area contributed by atoms with Crippen molar-refractivity contribution in [1.82, 2.24) is 5.32 Å². The van der Waals surface area contributed by atoms with Gasteiger partial charge in [0.15, 0.2) is 0 Å². The van der Waals surface area contributed by atoms with E-state index < -0.39 is 12.1 Å². The Morgan fingerprint density at radius 1 is 1.14 bits per heavy atom. The Balaban J connectivity index is 3.49. The second-order valence-electron chi connectivity index (χ2n) is 4.26. The molecule has 0 saturated heterocycles. The Morgan fingerprint density at radius 3 is 2.43 bits per heavy atom. The van der Waals surface area contributed by atoms with Gasteiger partial charge in [-0.25, -0.2) is 9.59 Å². The highest BCUT2D eigenvalue weighted by Crippen LogP contribution is 2.02. The van der Waals surface area contributed by atoms with E-state index in [1.807, 2.05) is 6.92 Å². The molecule has 0 spiro atoms. The Hall–Kier alpha value is -2.05. The maximum Gasteiger partial charge on any atom is 0.407 e. The molecule has 0 radical (unpaired) electrons. The molecule has 21 heavy (non-hydrogen) atoms. The molecule has 0 aromatic heterocycles. The number of nitrogens with one attached hydrogen (secondary N) is 1. The first-order chi connectivity index (χ1) is 10.0. The SMILES string of the molecule is C=CC(=O)OCCCOC(=O)NCCOC(=O)C(C)CC. The van der Waals surface area contributed by atoms with Gasteiger partial charge in [-0.2, -0.15) is 0 Å². The van der Waals surface area contributed by atoms with Crippen LogP contribution in [0.3, 0.4) is 0 Å². The fraction of sp³-hybridized carbons (Fsp3) is 0.643. The van der Waals surface area contributed by atoms with E-state index in [1.165, 1.54) is 0 Å². The van der Waals surface area contributed by atoms with Gasteiger partial charge in [-0.1, -0.05) is 20.4 Å². The monoisotopic (exact) mass is 301 g/mol. The number of carbonyl (C=O) groups is 3. The number of amides is 1. The van der Waals surface area contributed by atoms with Crippen molar-refractivity contribution in [2.24, 2.45) is 5.92 Å². The molecule has 120 valence electrons. The van der Waals surface area contributed by atoms with E-state index in [9.17, 15) is 14.4 Å². The van der Waals surface area contributed by atoms with Crippen LogP contribution in [0.2, 0.25) is 0 Å². The van der Waals surface area contributed by atoms with Crippen molar-refractivity contribution in [3.05, 3.63) is 12.7 Å². The number of ether oxygens (including phenoxy) is 3. The largest absolute Gasteiger partial charge is 0.464 e. The molecule has 0 bridgehead atoms. The molecule has 1 atom stereocenters. The number of rotatable bonds is 10. The highest BCUT2D eigenvalue weighted by molar-refractivity contribution is 5.81. The molecule has 1 amide bonds. The highest BCUT2D eigenvalue weighted by atomic mass is 16.6. The van der Waals surface area contributed by atoms with Crippen molar-refractivity contribution < 1.29 is 28.6 Å². The quantitative estimate of drug-likeness (QED) is 0.284. The Bertz CT molecular complexity index is 355. The second kappa shape index (κ2) is 11.7. The predicted molar refractivity (Wildman–Crippen MR) is 75.5 cm³/mol. The van der Waals surface area contributed by atoms with E-state index in [0.717, 1.165) is 6.08 Å². The third kappa shape index (κ3) is 10.4. The van der Waals surface area contributed by atoms with Crippen LogP contribution in [0.15, 0.2) is 12.7 Å². The van der Waals surface area contributed by atoms with Crippen molar-refractivity contribution in [2.45, 2.75) is 26.7 Å². The van der Waals surface area contributed by atoms with Gasteiger partial charge in [0.25, 0.3) is 0 Å². The molecule has 0 aliphatic carbocycles. The van der Waals surface area contributed by atoms with Gasteiger partial charge in [0.1, 0.15) is 6.61 Å². The summed E-state index contributed by atoms with van der Waals surface area (Å²) in [6.45, 7) is 7.51. The lowest BCUT2D eigenvalue weighted by Crippen LogP contribution is -2.29. The molecule has 7 heteroatoms. The summed E-state index contributed by atoms with van der Waals surface area (Å²) in [6, 6.07) is 0. The number of alkyl carbamates (subject to hydrolysis) is 1. The standard InChI is InChI=1S/C14H23NO6/c1-4-11(3)13(17)20-10-7-15-14(18)21-9-6-8-19-12(16)5-2/h5,11H,2,4,6-10H2,1,3H3,(H,15,18). The molecule has 0 aromatic rings. The van der Waals surface area contributed by atoms with Crippen LogP contribution in [-0.2, 0) is 23.8 Å². The molecule has 0 heterocycles. The van der Waals surface area contributed by atoms with Gasteiger partial charge in [0.2, 0.25) is 0 Å². The fourth-order valence-corrected chi connectivity index (χ4v) is 1.12. The van der Waals surface area contributed by atoms with Crippen LogP contribution in [0.1, 0.15) is 26.7 Å². The van der Waals surface area contributed by atoms with E-state index in [1.54, 1.807) is 6.92 Å². The van der Waals surface area contributed by atoms with Crippen LogP contribution in [0, 0.1) is 5.92 Å². The molecule has 0 saturated carbocycles. The zero-order valence-electron chi connectivity index (χ0n) is 12.6. The molecule has 0 rings (SSSR count). The van der Waals surface area contributed by atoms with Crippen LogP contribution < -0.4 is 5.32 Å². The molecule has 0 aromatic carbocycles. The average Bonchev–Trinajstić information content (AvgIpc) is 2.49. The lowest BCUT2D eigenvalue weighted by Gasteiger charge is -2.10. The second-order valence-corrected chi connectivity index (χ2v) is 4.26. The summed E-state index contributed by atoms with van der Waals surface area (Å²) in [6.07, 6.45) is 1.57. The van der Waals surface area contributed by atoms with Gasteiger partial charge in [0, 0.05) is 12.5 Å². The summed E-state index contributed by atoms with van der Waals surface area (Å²) < 4.78 is 14.5. The van der Waals surface area contributed by atoms with E-state index in [-0.39, 0.29) is 38.3 Å². The smallest absolute Gasteiger partial charge is 0.407 e. The van der Waals surface area contributed by atoms with Crippen molar-refractivity contribution >= 4 is 18.0 Å². The van der Waals surface area contributed by atoms with Crippen LogP contribution in [0.25, 0.3) is 0 Å². The van der Waals surface area contributed by atoms with Gasteiger partial charge < -0.3 is 19.5 Å². The molecule has 0 aliphatic rings.